The summed E-state index contributed by atoms with van der Waals surface area (Å²) in [5.74, 6) is -0.255. The lowest BCUT2D eigenvalue weighted by molar-refractivity contribution is 0.0947. The van der Waals surface area contributed by atoms with E-state index in [2.05, 4.69) is 54.8 Å². The number of likely N-dealkylation sites (tertiary alicyclic amines) is 1. The Bertz CT molecular complexity index is 1190. The largest absolute Gasteiger partial charge is 0.507 e. The molecule has 4 N–H and O–H groups in total. The lowest BCUT2D eigenvalue weighted by Gasteiger charge is -2.21. The van der Waals surface area contributed by atoms with Gasteiger partial charge in [-0.3, -0.25) is 9.69 Å². The van der Waals surface area contributed by atoms with Gasteiger partial charge in [0.15, 0.2) is 5.69 Å². The normalized spacial score (nSPS) is 14.7. The number of nitrogens with one attached hydrogen (secondary N) is 1. The van der Waals surface area contributed by atoms with E-state index in [9.17, 15) is 9.90 Å². The van der Waals surface area contributed by atoms with Gasteiger partial charge in [-0.25, -0.2) is 10.1 Å². The predicted octanol–water partition coefficient (Wildman–Crippen LogP) is 1.92. The van der Waals surface area contributed by atoms with Crippen LogP contribution < -0.4 is 16.1 Å². The van der Waals surface area contributed by atoms with E-state index < -0.39 is 5.91 Å². The number of nitrogen functional groups attached to an aromatic ring is 1. The van der Waals surface area contributed by atoms with E-state index in [4.69, 9.17) is 10.4 Å². The van der Waals surface area contributed by atoms with Crippen LogP contribution in [0, 0.1) is 0 Å². The molecule has 1 aromatic carbocycles. The van der Waals surface area contributed by atoms with Crippen LogP contribution in [-0.4, -0.2) is 73.6 Å². The van der Waals surface area contributed by atoms with E-state index in [0.717, 1.165) is 44.7 Å². The summed E-state index contributed by atoms with van der Waals surface area (Å²) in [6, 6.07) is 5.33. The minimum absolute atomic E-state index is 0.0469. The Kier molecular flexibility index (Phi) is 8.10. The second kappa shape index (κ2) is 11.6. The topological polar surface area (TPSA) is 164 Å². The number of anilines is 2. The van der Waals surface area contributed by atoms with Gasteiger partial charge >= 0.3 is 0 Å². The zero-order valence-electron chi connectivity index (χ0n) is 20.6. The first kappa shape index (κ1) is 25.1. The molecule has 0 aliphatic carbocycles. The molecule has 192 valence electrons. The standard InChI is InChI=1S/C23H32N10O3/c1-3-32(4-2)17-10-9-16(19(34)13-17)14-25-27-23(35)20-18(15-31-11-7-5-6-8-12-31)33(30-26-20)22-21(24)28-36-29-22/h9-10,13-14,34H,3-8,11-12,15H2,1-2H3,(H2,24,28)(H,27,35). The van der Waals surface area contributed by atoms with Gasteiger partial charge in [-0.2, -0.15) is 9.78 Å². The number of amides is 1. The molecule has 0 saturated carbocycles. The molecule has 1 aliphatic heterocycles. The molecule has 36 heavy (non-hydrogen) atoms. The number of phenols is 1. The lowest BCUT2D eigenvalue weighted by atomic mass is 10.2. The van der Waals surface area contributed by atoms with Crippen LogP contribution >= 0.6 is 0 Å². The molecule has 1 saturated heterocycles. The number of phenolic OH excluding ortho intramolecular Hbond substituents is 1. The first-order valence-electron chi connectivity index (χ1n) is 12.2. The fraction of sp³-hybridized carbons (Fsp3) is 0.478. The molecule has 13 heteroatoms. The SMILES string of the molecule is CCN(CC)c1ccc(C=NNC(=O)c2nnn(-c3nonc3N)c2CN2CCCCCC2)c(O)c1. The summed E-state index contributed by atoms with van der Waals surface area (Å²) in [7, 11) is 0. The number of hydrogen-bond donors (Lipinski definition) is 3. The van der Waals surface area contributed by atoms with Gasteiger partial charge in [-0.1, -0.05) is 18.1 Å². The van der Waals surface area contributed by atoms with Crippen molar-refractivity contribution in [2.45, 2.75) is 46.1 Å². The highest BCUT2D eigenvalue weighted by molar-refractivity contribution is 5.94. The molecule has 13 nitrogen and oxygen atoms in total. The van der Waals surface area contributed by atoms with Crippen molar-refractivity contribution in [3.8, 4) is 11.6 Å². The Hall–Kier alpha value is -4.00. The maximum absolute atomic E-state index is 13.0. The van der Waals surface area contributed by atoms with Crippen LogP contribution in [0.1, 0.15) is 61.3 Å². The second-order valence-corrected chi connectivity index (χ2v) is 8.57. The van der Waals surface area contributed by atoms with Gasteiger partial charge in [-0.15, -0.1) is 5.10 Å². The van der Waals surface area contributed by atoms with Crippen LogP contribution in [0.25, 0.3) is 5.82 Å². The van der Waals surface area contributed by atoms with Crippen LogP contribution in [0.2, 0.25) is 0 Å². The van der Waals surface area contributed by atoms with Gasteiger partial charge in [0, 0.05) is 37.0 Å². The number of carbonyl (C=O) groups is 1. The molecular weight excluding hydrogens is 464 g/mol. The molecule has 0 radical (unpaired) electrons. The Morgan fingerprint density at radius 1 is 1.22 bits per heavy atom. The summed E-state index contributed by atoms with van der Waals surface area (Å²) in [5.41, 5.74) is 10.3. The Morgan fingerprint density at radius 2 is 1.97 bits per heavy atom. The maximum atomic E-state index is 13.0. The first-order chi connectivity index (χ1) is 17.5. The number of hydrogen-bond acceptors (Lipinski definition) is 11. The Morgan fingerprint density at radius 3 is 2.61 bits per heavy atom. The molecule has 1 fully saturated rings. The monoisotopic (exact) mass is 496 g/mol. The molecule has 0 unspecified atom stereocenters. The smallest absolute Gasteiger partial charge is 0.293 e. The number of benzene rings is 1. The third-order valence-corrected chi connectivity index (χ3v) is 6.26. The van der Waals surface area contributed by atoms with Gasteiger partial charge in [0.05, 0.1) is 11.9 Å². The summed E-state index contributed by atoms with van der Waals surface area (Å²) in [6.07, 6.45) is 5.91. The average Bonchev–Trinajstić information content (AvgIpc) is 3.38. The van der Waals surface area contributed by atoms with Crippen molar-refractivity contribution >= 4 is 23.6 Å². The van der Waals surface area contributed by atoms with Crippen molar-refractivity contribution in [1.29, 1.82) is 0 Å². The number of carbonyl (C=O) groups excluding carboxylic acids is 1. The minimum atomic E-state index is -0.545. The fourth-order valence-electron chi connectivity index (χ4n) is 4.27. The average molecular weight is 497 g/mol. The third-order valence-electron chi connectivity index (χ3n) is 6.26. The zero-order chi connectivity index (χ0) is 25.5. The van der Waals surface area contributed by atoms with E-state index >= 15 is 0 Å². The van der Waals surface area contributed by atoms with Crippen LogP contribution in [-0.2, 0) is 6.54 Å². The van der Waals surface area contributed by atoms with Crippen molar-refractivity contribution in [2.75, 3.05) is 36.8 Å². The summed E-state index contributed by atoms with van der Waals surface area (Å²) >= 11 is 0. The molecule has 2 aromatic heterocycles. The molecule has 0 bridgehead atoms. The van der Waals surface area contributed by atoms with E-state index in [0.29, 0.717) is 17.8 Å². The molecule has 0 atom stereocenters. The summed E-state index contributed by atoms with van der Waals surface area (Å²) in [6.45, 7) is 8.00. The number of nitrogens with two attached hydrogens (primary N) is 1. The van der Waals surface area contributed by atoms with Crippen molar-refractivity contribution in [3.05, 3.63) is 35.2 Å². The van der Waals surface area contributed by atoms with Crippen molar-refractivity contribution < 1.29 is 14.5 Å². The van der Waals surface area contributed by atoms with Crippen molar-refractivity contribution in [2.24, 2.45) is 5.10 Å². The van der Waals surface area contributed by atoms with Gasteiger partial charge in [0.1, 0.15) is 5.75 Å². The molecular formula is C23H32N10O3. The number of hydrazone groups is 1. The molecule has 1 aliphatic rings. The van der Waals surface area contributed by atoms with Gasteiger partial charge in [-0.05, 0) is 62.2 Å². The summed E-state index contributed by atoms with van der Waals surface area (Å²) in [5, 5.41) is 30.0. The molecule has 3 heterocycles. The van der Waals surface area contributed by atoms with Gasteiger partial charge in [0.2, 0.25) is 11.6 Å². The first-order valence-corrected chi connectivity index (χ1v) is 12.2. The van der Waals surface area contributed by atoms with Crippen LogP contribution in [0.5, 0.6) is 5.75 Å². The van der Waals surface area contributed by atoms with Crippen LogP contribution in [0.4, 0.5) is 11.5 Å². The predicted molar refractivity (Wildman–Crippen MR) is 134 cm³/mol. The second-order valence-electron chi connectivity index (χ2n) is 8.57. The van der Waals surface area contributed by atoms with Gasteiger partial charge in [0.25, 0.3) is 5.91 Å². The van der Waals surface area contributed by atoms with Crippen molar-refractivity contribution in [3.63, 3.8) is 0 Å². The molecule has 0 spiro atoms. The number of nitrogens with zero attached hydrogens (tertiary/aromatic N) is 8. The van der Waals surface area contributed by atoms with E-state index in [1.54, 1.807) is 12.1 Å². The van der Waals surface area contributed by atoms with Gasteiger partial charge < -0.3 is 15.7 Å². The number of aromatic nitrogens is 5. The highest BCUT2D eigenvalue weighted by Gasteiger charge is 2.25. The Balaban J connectivity index is 1.53. The third kappa shape index (κ3) is 5.62. The van der Waals surface area contributed by atoms with Crippen LogP contribution in [0.3, 0.4) is 0 Å². The van der Waals surface area contributed by atoms with E-state index in [1.165, 1.54) is 23.7 Å². The summed E-state index contributed by atoms with van der Waals surface area (Å²) in [4.78, 5) is 17.4. The quantitative estimate of drug-likeness (QED) is 0.294. The minimum Gasteiger partial charge on any atom is -0.507 e. The Labute approximate surface area is 208 Å². The molecule has 1 amide bonds. The summed E-state index contributed by atoms with van der Waals surface area (Å²) < 4.78 is 6.10. The number of rotatable bonds is 9. The van der Waals surface area contributed by atoms with Crippen molar-refractivity contribution in [1.82, 2.24) is 35.6 Å². The lowest BCUT2D eigenvalue weighted by Crippen LogP contribution is -2.28. The van der Waals surface area contributed by atoms with Crippen LogP contribution in [0.15, 0.2) is 27.9 Å². The zero-order valence-corrected chi connectivity index (χ0v) is 20.6. The van der Waals surface area contributed by atoms with E-state index in [1.807, 2.05) is 6.07 Å². The maximum Gasteiger partial charge on any atom is 0.293 e. The molecule has 4 rings (SSSR count). The van der Waals surface area contributed by atoms with E-state index in [-0.39, 0.29) is 23.1 Å². The molecule has 3 aromatic rings. The fourth-order valence-corrected chi connectivity index (χ4v) is 4.27. The highest BCUT2D eigenvalue weighted by Crippen LogP contribution is 2.24. The highest BCUT2D eigenvalue weighted by atomic mass is 16.6. The number of aromatic hydroxyl groups is 1.